The minimum absolute atomic E-state index is 0.209. The van der Waals surface area contributed by atoms with Crippen molar-refractivity contribution >= 4 is 23.1 Å². The maximum Gasteiger partial charge on any atom is 0.210 e. The molecular formula is C17H17N5S2. The molecule has 0 radical (unpaired) electrons. The van der Waals surface area contributed by atoms with Gasteiger partial charge in [0.25, 0.3) is 0 Å². The van der Waals surface area contributed by atoms with Crippen molar-refractivity contribution in [1.29, 1.82) is 5.26 Å². The van der Waals surface area contributed by atoms with E-state index < -0.39 is 0 Å². The molecule has 1 atom stereocenters. The highest BCUT2D eigenvalue weighted by atomic mass is 32.2. The lowest BCUT2D eigenvalue weighted by molar-refractivity contribution is 0.550. The van der Waals surface area contributed by atoms with Crippen LogP contribution in [-0.2, 0) is 19.4 Å². The fourth-order valence-electron chi connectivity index (χ4n) is 2.27. The van der Waals surface area contributed by atoms with Gasteiger partial charge in [0, 0.05) is 11.3 Å². The van der Waals surface area contributed by atoms with Crippen molar-refractivity contribution in [3.8, 4) is 6.07 Å². The van der Waals surface area contributed by atoms with Crippen LogP contribution < -0.4 is 0 Å². The molecule has 1 aromatic carbocycles. The average molecular weight is 355 g/mol. The van der Waals surface area contributed by atoms with Crippen molar-refractivity contribution in [3.05, 3.63) is 57.8 Å². The Morgan fingerprint density at radius 2 is 2.12 bits per heavy atom. The van der Waals surface area contributed by atoms with Crippen molar-refractivity contribution in [1.82, 2.24) is 20.2 Å². The third-order valence-electron chi connectivity index (χ3n) is 3.58. The number of thiophene rings is 1. The molecule has 5 nitrogen and oxygen atoms in total. The van der Waals surface area contributed by atoms with Crippen molar-refractivity contribution < 1.29 is 0 Å². The van der Waals surface area contributed by atoms with Crippen LogP contribution in [0.4, 0.5) is 0 Å². The average Bonchev–Trinajstić information content (AvgIpc) is 3.26. The fraction of sp³-hybridized carbons (Fsp3) is 0.294. The zero-order valence-corrected chi connectivity index (χ0v) is 14.9. The summed E-state index contributed by atoms with van der Waals surface area (Å²) < 4.78 is 1.78. The molecular weight excluding hydrogens is 338 g/mol. The molecule has 2 aromatic heterocycles. The summed E-state index contributed by atoms with van der Waals surface area (Å²) in [4.78, 5) is 1.30. The predicted octanol–water partition coefficient (Wildman–Crippen LogP) is 3.51. The Labute approximate surface area is 149 Å². The molecule has 0 aliphatic heterocycles. The minimum atomic E-state index is -0.209. The number of tetrazole rings is 1. The van der Waals surface area contributed by atoms with Gasteiger partial charge < -0.3 is 0 Å². The Kier molecular flexibility index (Phi) is 5.62. The Hall–Kier alpha value is -2.17. The van der Waals surface area contributed by atoms with E-state index in [0.29, 0.717) is 11.6 Å². The largest absolute Gasteiger partial charge is 0.220 e. The van der Waals surface area contributed by atoms with Gasteiger partial charge in [0.05, 0.1) is 12.6 Å². The van der Waals surface area contributed by atoms with E-state index in [2.05, 4.69) is 64.2 Å². The molecule has 0 amide bonds. The molecule has 0 N–H and O–H groups in total. The second kappa shape index (κ2) is 8.08. The second-order valence-electron chi connectivity index (χ2n) is 5.44. The van der Waals surface area contributed by atoms with E-state index in [1.807, 2.05) is 6.07 Å². The molecule has 0 fully saturated rings. The first-order valence-corrected chi connectivity index (χ1v) is 9.41. The summed E-state index contributed by atoms with van der Waals surface area (Å²) >= 11 is 3.16. The number of nitriles is 1. The monoisotopic (exact) mass is 355 g/mol. The molecule has 122 valence electrons. The van der Waals surface area contributed by atoms with Crippen LogP contribution in [-0.4, -0.2) is 25.5 Å². The van der Waals surface area contributed by atoms with Crippen LogP contribution in [0.2, 0.25) is 0 Å². The molecule has 24 heavy (non-hydrogen) atoms. The first-order chi connectivity index (χ1) is 11.7. The summed E-state index contributed by atoms with van der Waals surface area (Å²) in [6, 6.07) is 14.8. The number of hydrogen-bond acceptors (Lipinski definition) is 6. The van der Waals surface area contributed by atoms with Crippen LogP contribution in [0.5, 0.6) is 0 Å². The molecule has 0 unspecified atom stereocenters. The lowest BCUT2D eigenvalue weighted by atomic mass is 10.1. The molecule has 0 saturated heterocycles. The lowest BCUT2D eigenvalue weighted by Gasteiger charge is -2.09. The van der Waals surface area contributed by atoms with Gasteiger partial charge in [-0.3, -0.25) is 0 Å². The van der Waals surface area contributed by atoms with Gasteiger partial charge in [-0.2, -0.15) is 5.26 Å². The summed E-state index contributed by atoms with van der Waals surface area (Å²) in [5.41, 5.74) is 2.37. The number of nitrogens with zero attached hydrogens (tertiary/aromatic N) is 5. The van der Waals surface area contributed by atoms with Crippen molar-refractivity contribution in [2.75, 3.05) is 0 Å². The third-order valence-corrected chi connectivity index (χ3v) is 5.58. The number of aromatic nitrogens is 4. The fourth-order valence-corrected chi connectivity index (χ4v) is 3.89. The van der Waals surface area contributed by atoms with Crippen LogP contribution in [0.1, 0.15) is 16.0 Å². The van der Waals surface area contributed by atoms with Gasteiger partial charge in [-0.25, -0.2) is 4.68 Å². The molecule has 0 spiro atoms. The van der Waals surface area contributed by atoms with E-state index in [1.54, 1.807) is 16.0 Å². The van der Waals surface area contributed by atoms with E-state index >= 15 is 0 Å². The third kappa shape index (κ3) is 4.43. The van der Waals surface area contributed by atoms with E-state index in [9.17, 15) is 5.26 Å². The van der Waals surface area contributed by atoms with Gasteiger partial charge in [-0.05, 0) is 40.8 Å². The second-order valence-corrected chi connectivity index (χ2v) is 7.64. The maximum absolute atomic E-state index is 9.46. The summed E-state index contributed by atoms with van der Waals surface area (Å²) in [6.45, 7) is 2.78. The molecule has 0 aliphatic rings. The van der Waals surface area contributed by atoms with E-state index in [0.717, 1.165) is 18.5 Å². The normalized spacial score (nSPS) is 12.0. The summed E-state index contributed by atoms with van der Waals surface area (Å²) in [5, 5.41) is 23.9. The summed E-state index contributed by atoms with van der Waals surface area (Å²) in [6.07, 6.45) is 1.57. The Morgan fingerprint density at radius 3 is 2.83 bits per heavy atom. The maximum atomic E-state index is 9.46. The SMILES string of the molecule is Cc1ccc(C[C@@H](C#N)Sc2nnnn2CCc2cccs2)cc1. The molecule has 0 aliphatic carbocycles. The number of hydrogen-bond donors (Lipinski definition) is 0. The van der Waals surface area contributed by atoms with Gasteiger partial charge in [0.1, 0.15) is 5.25 Å². The Morgan fingerprint density at radius 1 is 1.29 bits per heavy atom. The van der Waals surface area contributed by atoms with Crippen molar-refractivity contribution in [3.63, 3.8) is 0 Å². The smallest absolute Gasteiger partial charge is 0.210 e. The van der Waals surface area contributed by atoms with Crippen molar-refractivity contribution in [2.24, 2.45) is 0 Å². The van der Waals surface area contributed by atoms with Gasteiger partial charge in [0.2, 0.25) is 5.16 Å². The zero-order valence-electron chi connectivity index (χ0n) is 13.3. The quantitative estimate of drug-likeness (QED) is 0.607. The van der Waals surface area contributed by atoms with Crippen molar-refractivity contribution in [2.45, 2.75) is 36.7 Å². The molecule has 7 heteroatoms. The van der Waals surface area contributed by atoms with Gasteiger partial charge in [-0.1, -0.05) is 47.7 Å². The molecule has 0 bridgehead atoms. The lowest BCUT2D eigenvalue weighted by Crippen LogP contribution is -2.09. The molecule has 0 saturated carbocycles. The first-order valence-electron chi connectivity index (χ1n) is 7.65. The molecule has 3 aromatic rings. The predicted molar refractivity (Wildman–Crippen MR) is 96.0 cm³/mol. The topological polar surface area (TPSA) is 67.4 Å². The van der Waals surface area contributed by atoms with Crippen LogP contribution in [0.3, 0.4) is 0 Å². The van der Waals surface area contributed by atoms with Gasteiger partial charge in [-0.15, -0.1) is 16.4 Å². The van der Waals surface area contributed by atoms with Crippen LogP contribution in [0, 0.1) is 18.3 Å². The number of thioether (sulfide) groups is 1. The standard InChI is InChI=1S/C17H17N5S2/c1-13-4-6-14(7-5-13)11-16(12-18)24-17-19-20-21-22(17)9-8-15-3-2-10-23-15/h2-7,10,16H,8-9,11H2,1H3/t16-/m0/s1. The Bertz CT molecular complexity index is 802. The Balaban J connectivity index is 1.62. The zero-order chi connectivity index (χ0) is 16.8. The summed E-state index contributed by atoms with van der Waals surface area (Å²) in [5.74, 6) is 0. The van der Waals surface area contributed by atoms with Gasteiger partial charge in [0.15, 0.2) is 0 Å². The van der Waals surface area contributed by atoms with Crippen LogP contribution in [0.25, 0.3) is 0 Å². The molecule has 2 heterocycles. The van der Waals surface area contributed by atoms with Gasteiger partial charge >= 0.3 is 0 Å². The van der Waals surface area contributed by atoms with Crippen LogP contribution >= 0.6 is 23.1 Å². The number of aryl methyl sites for hydroxylation is 3. The number of rotatable bonds is 7. The highest BCUT2D eigenvalue weighted by molar-refractivity contribution is 8.00. The number of benzene rings is 1. The van der Waals surface area contributed by atoms with E-state index in [4.69, 9.17) is 0 Å². The summed E-state index contributed by atoms with van der Waals surface area (Å²) in [7, 11) is 0. The highest BCUT2D eigenvalue weighted by Gasteiger charge is 2.16. The first kappa shape index (κ1) is 16.7. The van der Waals surface area contributed by atoms with E-state index in [-0.39, 0.29) is 5.25 Å². The van der Waals surface area contributed by atoms with Crippen LogP contribution in [0.15, 0.2) is 46.9 Å². The molecule has 3 rings (SSSR count). The highest BCUT2D eigenvalue weighted by Crippen LogP contribution is 2.24. The van der Waals surface area contributed by atoms with E-state index in [1.165, 1.54) is 22.2 Å². The minimum Gasteiger partial charge on any atom is -0.220 e.